The maximum absolute atomic E-state index is 11.4. The zero-order chi connectivity index (χ0) is 16.4. The van der Waals surface area contributed by atoms with Crippen LogP contribution >= 0.6 is 34.8 Å². The van der Waals surface area contributed by atoms with Crippen LogP contribution in [-0.2, 0) is 4.79 Å². The Hall–Kier alpha value is -2.08. The number of carbonyl (C=O) groups excluding carboxylic acids is 1. The molecule has 0 aliphatic heterocycles. The number of H-pyrrole nitrogens is 1. The monoisotopic (exact) mass is 366 g/mol. The molecule has 0 unspecified atom stereocenters. The van der Waals surface area contributed by atoms with E-state index >= 15 is 0 Å². The maximum atomic E-state index is 11.4. The summed E-state index contributed by atoms with van der Waals surface area (Å²) < 4.78 is 0. The summed E-state index contributed by atoms with van der Waals surface area (Å²) in [7, 11) is 0. The minimum Gasteiger partial charge on any atom is -0.328 e. The maximum Gasteiger partial charge on any atom is 0.218 e. The van der Waals surface area contributed by atoms with Gasteiger partial charge in [0.2, 0.25) is 6.41 Å². The molecule has 3 rings (SSSR count). The smallest absolute Gasteiger partial charge is 0.218 e. The molecular weight excluding hydrogens is 359 g/mol. The molecule has 2 heterocycles. The number of aromatic amines is 1. The third-order valence-corrected chi connectivity index (χ3v) is 4.08. The number of carbonyl (C=O) groups is 1. The van der Waals surface area contributed by atoms with Gasteiger partial charge in [-0.3, -0.25) is 9.69 Å². The molecule has 1 aromatic carbocycles. The van der Waals surface area contributed by atoms with Crippen molar-refractivity contribution in [3.8, 4) is 11.4 Å². The SMILES string of the molecule is O=CN(c1ccc(-c2nc(Cl)c(Cl)[nH]2)cc1)c1cccnc1Cl. The van der Waals surface area contributed by atoms with Crippen molar-refractivity contribution in [1.82, 2.24) is 15.0 Å². The molecule has 5 nitrogen and oxygen atoms in total. The number of hydrogen-bond donors (Lipinski definition) is 1. The summed E-state index contributed by atoms with van der Waals surface area (Å²) >= 11 is 17.7. The summed E-state index contributed by atoms with van der Waals surface area (Å²) in [6.45, 7) is 0. The molecule has 0 atom stereocenters. The van der Waals surface area contributed by atoms with Crippen LogP contribution in [-0.4, -0.2) is 21.4 Å². The number of rotatable bonds is 4. The quantitative estimate of drug-likeness (QED) is 0.536. The fourth-order valence-corrected chi connectivity index (χ4v) is 2.54. The molecule has 3 aromatic rings. The lowest BCUT2D eigenvalue weighted by Crippen LogP contribution is -2.14. The van der Waals surface area contributed by atoms with Gasteiger partial charge in [-0.2, -0.15) is 0 Å². The van der Waals surface area contributed by atoms with Crippen molar-refractivity contribution in [3.63, 3.8) is 0 Å². The van der Waals surface area contributed by atoms with Gasteiger partial charge in [0.05, 0.1) is 5.69 Å². The molecule has 0 aliphatic carbocycles. The van der Waals surface area contributed by atoms with Crippen molar-refractivity contribution in [2.24, 2.45) is 0 Å². The number of amides is 1. The molecule has 0 spiro atoms. The Morgan fingerprint density at radius 2 is 1.78 bits per heavy atom. The Labute approximate surface area is 146 Å². The fraction of sp³-hybridized carbons (Fsp3) is 0. The van der Waals surface area contributed by atoms with Crippen molar-refractivity contribution < 1.29 is 4.79 Å². The standard InChI is InChI=1S/C15H9Cl3N4O/c16-12-11(2-1-7-19-12)22(8-23)10-5-3-9(4-6-10)15-20-13(17)14(18)21-15/h1-8H,(H,20,21). The second kappa shape index (κ2) is 6.58. The second-order valence-electron chi connectivity index (χ2n) is 4.53. The van der Waals surface area contributed by atoms with Gasteiger partial charge in [-0.05, 0) is 36.4 Å². The number of hydrogen-bond acceptors (Lipinski definition) is 3. The molecule has 116 valence electrons. The molecule has 0 saturated heterocycles. The molecule has 23 heavy (non-hydrogen) atoms. The summed E-state index contributed by atoms with van der Waals surface area (Å²) in [5.41, 5.74) is 1.93. The van der Waals surface area contributed by atoms with E-state index in [0.717, 1.165) is 5.56 Å². The predicted octanol–water partition coefficient (Wildman–Crippen LogP) is 4.73. The van der Waals surface area contributed by atoms with Gasteiger partial charge < -0.3 is 4.98 Å². The first-order valence-corrected chi connectivity index (χ1v) is 7.60. The van der Waals surface area contributed by atoms with Gasteiger partial charge in [0.1, 0.15) is 11.0 Å². The number of benzene rings is 1. The lowest BCUT2D eigenvalue weighted by atomic mass is 10.2. The highest BCUT2D eigenvalue weighted by Gasteiger charge is 2.13. The van der Waals surface area contributed by atoms with Gasteiger partial charge in [-0.15, -0.1) is 0 Å². The topological polar surface area (TPSA) is 61.9 Å². The average Bonchev–Trinajstić information content (AvgIpc) is 2.90. The first-order chi connectivity index (χ1) is 11.1. The van der Waals surface area contributed by atoms with E-state index in [1.54, 1.807) is 42.6 Å². The molecule has 8 heteroatoms. The van der Waals surface area contributed by atoms with E-state index in [1.165, 1.54) is 4.90 Å². The summed E-state index contributed by atoms with van der Waals surface area (Å²) in [5, 5.41) is 0.734. The number of anilines is 2. The Balaban J connectivity index is 1.94. The van der Waals surface area contributed by atoms with Crippen LogP contribution in [0, 0.1) is 0 Å². The Bertz CT molecular complexity index is 829. The molecular formula is C15H9Cl3N4O. The van der Waals surface area contributed by atoms with E-state index in [-0.39, 0.29) is 15.5 Å². The van der Waals surface area contributed by atoms with Crippen molar-refractivity contribution in [2.75, 3.05) is 4.90 Å². The van der Waals surface area contributed by atoms with Crippen LogP contribution in [0.15, 0.2) is 42.6 Å². The average molecular weight is 368 g/mol. The van der Waals surface area contributed by atoms with Crippen LogP contribution in [0.5, 0.6) is 0 Å². The molecule has 0 radical (unpaired) electrons. The van der Waals surface area contributed by atoms with Gasteiger partial charge in [0.25, 0.3) is 0 Å². The van der Waals surface area contributed by atoms with Crippen LogP contribution < -0.4 is 4.90 Å². The highest BCUT2D eigenvalue weighted by Crippen LogP contribution is 2.31. The summed E-state index contributed by atoms with van der Waals surface area (Å²) in [6.07, 6.45) is 2.24. The van der Waals surface area contributed by atoms with E-state index in [4.69, 9.17) is 34.8 Å². The lowest BCUT2D eigenvalue weighted by Gasteiger charge is -2.18. The zero-order valence-electron chi connectivity index (χ0n) is 11.5. The number of nitrogens with one attached hydrogen (secondary N) is 1. The van der Waals surface area contributed by atoms with E-state index in [1.807, 2.05) is 0 Å². The van der Waals surface area contributed by atoms with Crippen molar-refractivity contribution in [2.45, 2.75) is 0 Å². The first-order valence-electron chi connectivity index (χ1n) is 6.46. The normalized spacial score (nSPS) is 10.6. The van der Waals surface area contributed by atoms with Gasteiger partial charge in [0.15, 0.2) is 10.3 Å². The molecule has 0 aliphatic rings. The van der Waals surface area contributed by atoms with Crippen molar-refractivity contribution in [3.05, 3.63) is 58.1 Å². The van der Waals surface area contributed by atoms with Gasteiger partial charge in [0, 0.05) is 17.4 Å². The van der Waals surface area contributed by atoms with Gasteiger partial charge in [-0.1, -0.05) is 34.8 Å². The highest BCUT2D eigenvalue weighted by atomic mass is 35.5. The summed E-state index contributed by atoms with van der Waals surface area (Å²) in [5.74, 6) is 0.545. The second-order valence-corrected chi connectivity index (χ2v) is 5.62. The lowest BCUT2D eigenvalue weighted by molar-refractivity contribution is -0.106. The van der Waals surface area contributed by atoms with Gasteiger partial charge in [-0.25, -0.2) is 9.97 Å². The van der Waals surface area contributed by atoms with Crippen molar-refractivity contribution >= 4 is 52.6 Å². The van der Waals surface area contributed by atoms with Crippen LogP contribution in [0.2, 0.25) is 15.5 Å². The molecule has 1 amide bonds. The predicted molar refractivity (Wildman–Crippen MR) is 91.5 cm³/mol. The Morgan fingerprint density at radius 1 is 1.04 bits per heavy atom. The van der Waals surface area contributed by atoms with Crippen LogP contribution in [0.3, 0.4) is 0 Å². The van der Waals surface area contributed by atoms with Crippen LogP contribution in [0.4, 0.5) is 11.4 Å². The van der Waals surface area contributed by atoms with E-state index in [2.05, 4.69) is 15.0 Å². The number of imidazole rings is 1. The number of nitrogens with zero attached hydrogens (tertiary/aromatic N) is 3. The number of halogens is 3. The molecule has 2 aromatic heterocycles. The third kappa shape index (κ3) is 3.17. The zero-order valence-corrected chi connectivity index (χ0v) is 13.8. The van der Waals surface area contributed by atoms with Crippen LogP contribution in [0.1, 0.15) is 0 Å². The molecule has 0 bridgehead atoms. The van der Waals surface area contributed by atoms with Crippen molar-refractivity contribution in [1.29, 1.82) is 0 Å². The molecule has 0 saturated carbocycles. The Morgan fingerprint density at radius 3 is 2.35 bits per heavy atom. The minimum absolute atomic E-state index is 0.211. The number of pyridine rings is 1. The Kier molecular flexibility index (Phi) is 4.52. The molecule has 0 fully saturated rings. The fourth-order valence-electron chi connectivity index (χ4n) is 2.06. The highest BCUT2D eigenvalue weighted by molar-refractivity contribution is 6.40. The molecule has 1 N–H and O–H groups in total. The third-order valence-electron chi connectivity index (χ3n) is 3.14. The number of aromatic nitrogens is 3. The summed E-state index contributed by atoms with van der Waals surface area (Å²) in [4.78, 5) is 23.8. The van der Waals surface area contributed by atoms with Gasteiger partial charge >= 0.3 is 0 Å². The van der Waals surface area contributed by atoms with E-state index in [9.17, 15) is 4.79 Å². The first kappa shape index (κ1) is 15.8. The van der Waals surface area contributed by atoms with Crippen LogP contribution in [0.25, 0.3) is 11.4 Å². The largest absolute Gasteiger partial charge is 0.328 e. The van der Waals surface area contributed by atoms with E-state index < -0.39 is 0 Å². The summed E-state index contributed by atoms with van der Waals surface area (Å²) in [6, 6.07) is 10.5. The minimum atomic E-state index is 0.211. The van der Waals surface area contributed by atoms with E-state index in [0.29, 0.717) is 23.6 Å².